The smallest absolute Gasteiger partial charge is 0.432 e. The number of aromatic nitrogens is 2. The van der Waals surface area contributed by atoms with Gasteiger partial charge in [0.05, 0.1) is 17.7 Å². The van der Waals surface area contributed by atoms with Crippen LogP contribution in [0, 0.1) is 6.92 Å². The highest BCUT2D eigenvalue weighted by molar-refractivity contribution is 7.94. The highest BCUT2D eigenvalue weighted by atomic mass is 32.2. The average Bonchev–Trinajstić information content (AvgIpc) is 3.24. The van der Waals surface area contributed by atoms with E-state index in [1.807, 2.05) is 5.10 Å². The second-order valence-corrected chi connectivity index (χ2v) is 8.59. The fraction of sp³-hybridized carbons (Fsp3) is 0.188. The van der Waals surface area contributed by atoms with E-state index in [2.05, 4.69) is 9.82 Å². The molecule has 27 heavy (non-hydrogen) atoms. The van der Waals surface area contributed by atoms with Crippen LogP contribution in [0.15, 0.2) is 40.6 Å². The first-order chi connectivity index (χ1) is 12.6. The number of H-pyrrole nitrogens is 1. The Kier molecular flexibility index (Phi) is 4.91. The van der Waals surface area contributed by atoms with E-state index in [1.165, 1.54) is 19.2 Å². The second kappa shape index (κ2) is 6.89. The van der Waals surface area contributed by atoms with Crippen molar-refractivity contribution in [3.05, 3.63) is 47.7 Å². The van der Waals surface area contributed by atoms with Crippen LogP contribution in [0.25, 0.3) is 10.6 Å². The third-order valence-electron chi connectivity index (χ3n) is 3.58. The number of ether oxygens (including phenoxy) is 1. The Morgan fingerprint density at radius 3 is 2.56 bits per heavy atom. The average molecular weight is 417 g/mol. The van der Waals surface area contributed by atoms with Crippen LogP contribution in [0.2, 0.25) is 0 Å². The standard InChI is InChI=1S/C16H14F3N3O3S2/c1-9-3-4-12(25-2)10(7-9)22-27(23,24)15-6-5-13(26-15)11-8-14(21-20-11)16(17,18)19/h3-8,22H,1-2H3,(H,20,21). The van der Waals surface area contributed by atoms with Gasteiger partial charge in [-0.3, -0.25) is 9.82 Å². The van der Waals surface area contributed by atoms with Crippen molar-refractivity contribution in [1.82, 2.24) is 10.2 Å². The van der Waals surface area contributed by atoms with E-state index in [9.17, 15) is 21.6 Å². The minimum atomic E-state index is -4.55. The van der Waals surface area contributed by atoms with Crippen molar-refractivity contribution in [2.24, 2.45) is 0 Å². The summed E-state index contributed by atoms with van der Waals surface area (Å²) in [5, 5.41) is 5.50. The second-order valence-electron chi connectivity index (χ2n) is 5.59. The van der Waals surface area contributed by atoms with Crippen molar-refractivity contribution in [3.63, 3.8) is 0 Å². The summed E-state index contributed by atoms with van der Waals surface area (Å²) in [5.41, 5.74) is 0.114. The lowest BCUT2D eigenvalue weighted by Gasteiger charge is -2.11. The number of hydrogen-bond donors (Lipinski definition) is 2. The van der Waals surface area contributed by atoms with Crippen LogP contribution in [-0.2, 0) is 16.2 Å². The molecule has 0 atom stereocenters. The number of sulfonamides is 1. The summed E-state index contributed by atoms with van der Waals surface area (Å²) < 4.78 is 70.8. The molecule has 0 amide bonds. The summed E-state index contributed by atoms with van der Waals surface area (Å²) in [6.45, 7) is 1.80. The van der Waals surface area contributed by atoms with Gasteiger partial charge in [-0.25, -0.2) is 8.42 Å². The lowest BCUT2D eigenvalue weighted by atomic mass is 10.2. The molecule has 3 aromatic rings. The molecule has 6 nitrogen and oxygen atoms in total. The summed E-state index contributed by atoms with van der Waals surface area (Å²) in [7, 11) is -2.52. The van der Waals surface area contributed by atoms with Crippen molar-refractivity contribution < 1.29 is 26.3 Å². The van der Waals surface area contributed by atoms with Crippen LogP contribution < -0.4 is 9.46 Å². The molecule has 2 aromatic heterocycles. The van der Waals surface area contributed by atoms with E-state index in [0.717, 1.165) is 23.0 Å². The zero-order chi connectivity index (χ0) is 19.8. The van der Waals surface area contributed by atoms with Crippen LogP contribution >= 0.6 is 11.3 Å². The topological polar surface area (TPSA) is 84.1 Å². The number of thiophene rings is 1. The summed E-state index contributed by atoms with van der Waals surface area (Å²) in [5.74, 6) is 0.350. The third kappa shape index (κ3) is 4.08. The van der Waals surface area contributed by atoms with Crippen molar-refractivity contribution in [2.45, 2.75) is 17.3 Å². The summed E-state index contributed by atoms with van der Waals surface area (Å²) in [4.78, 5) is 0.290. The van der Waals surface area contributed by atoms with Gasteiger partial charge >= 0.3 is 6.18 Å². The largest absolute Gasteiger partial charge is 0.495 e. The van der Waals surface area contributed by atoms with Crippen molar-refractivity contribution >= 4 is 27.0 Å². The molecule has 1 aromatic carbocycles. The van der Waals surface area contributed by atoms with Crippen molar-refractivity contribution in [2.75, 3.05) is 11.8 Å². The molecule has 0 radical (unpaired) electrons. The van der Waals surface area contributed by atoms with E-state index < -0.39 is 21.9 Å². The van der Waals surface area contributed by atoms with Crippen LogP contribution in [0.1, 0.15) is 11.3 Å². The Morgan fingerprint density at radius 1 is 1.19 bits per heavy atom. The first-order valence-electron chi connectivity index (χ1n) is 7.50. The number of benzene rings is 1. The monoisotopic (exact) mass is 417 g/mol. The van der Waals surface area contributed by atoms with E-state index in [-0.39, 0.29) is 15.6 Å². The van der Waals surface area contributed by atoms with E-state index in [1.54, 1.807) is 25.1 Å². The molecule has 0 bridgehead atoms. The Hall–Kier alpha value is -2.53. The number of hydrogen-bond acceptors (Lipinski definition) is 5. The Bertz CT molecular complexity index is 1070. The third-order valence-corrected chi connectivity index (χ3v) is 6.55. The molecular weight excluding hydrogens is 403 g/mol. The van der Waals surface area contributed by atoms with Gasteiger partial charge in [0, 0.05) is 0 Å². The first-order valence-corrected chi connectivity index (χ1v) is 9.80. The molecule has 0 aliphatic carbocycles. The van der Waals surface area contributed by atoms with Gasteiger partial charge in [0.2, 0.25) is 0 Å². The molecule has 0 saturated heterocycles. The predicted octanol–water partition coefficient (Wildman–Crippen LogP) is 4.27. The lowest BCUT2D eigenvalue weighted by molar-refractivity contribution is -0.141. The normalized spacial score (nSPS) is 12.2. The van der Waals surface area contributed by atoms with Crippen LogP contribution in [-0.4, -0.2) is 25.7 Å². The van der Waals surface area contributed by atoms with Gasteiger partial charge in [-0.05, 0) is 42.8 Å². The molecule has 2 N–H and O–H groups in total. The number of nitrogens with zero attached hydrogens (tertiary/aromatic N) is 1. The van der Waals surface area contributed by atoms with E-state index in [0.29, 0.717) is 10.6 Å². The zero-order valence-electron chi connectivity index (χ0n) is 14.1. The highest BCUT2D eigenvalue weighted by Gasteiger charge is 2.33. The fourth-order valence-electron chi connectivity index (χ4n) is 2.29. The highest BCUT2D eigenvalue weighted by Crippen LogP contribution is 2.35. The van der Waals surface area contributed by atoms with Crippen LogP contribution in [0.4, 0.5) is 18.9 Å². The molecule has 0 aliphatic rings. The number of aryl methyl sites for hydroxylation is 1. The van der Waals surface area contributed by atoms with Gasteiger partial charge in [-0.2, -0.15) is 18.3 Å². The fourth-order valence-corrected chi connectivity index (χ4v) is 4.62. The number of alkyl halides is 3. The molecular formula is C16H14F3N3O3S2. The minimum absolute atomic E-state index is 0.0157. The maximum atomic E-state index is 12.7. The predicted molar refractivity (Wildman–Crippen MR) is 95.4 cm³/mol. The van der Waals surface area contributed by atoms with Crippen LogP contribution in [0.3, 0.4) is 0 Å². The number of anilines is 1. The maximum absolute atomic E-state index is 12.7. The minimum Gasteiger partial charge on any atom is -0.495 e. The lowest BCUT2D eigenvalue weighted by Crippen LogP contribution is -2.12. The van der Waals surface area contributed by atoms with Crippen molar-refractivity contribution in [1.29, 1.82) is 0 Å². The Morgan fingerprint density at radius 2 is 1.93 bits per heavy atom. The van der Waals surface area contributed by atoms with Gasteiger partial charge in [-0.1, -0.05) is 6.07 Å². The van der Waals surface area contributed by atoms with E-state index >= 15 is 0 Å². The van der Waals surface area contributed by atoms with Gasteiger partial charge in [0.1, 0.15) is 21.3 Å². The Labute approximate surface area is 157 Å². The number of methoxy groups -OCH3 is 1. The molecule has 0 saturated carbocycles. The van der Waals surface area contributed by atoms with Gasteiger partial charge in [0.25, 0.3) is 10.0 Å². The van der Waals surface area contributed by atoms with E-state index in [4.69, 9.17) is 4.74 Å². The quantitative estimate of drug-likeness (QED) is 0.649. The maximum Gasteiger partial charge on any atom is 0.432 e. The molecule has 0 spiro atoms. The SMILES string of the molecule is COc1ccc(C)cc1NS(=O)(=O)c1ccc(-c2cc(C(F)(F)F)[nH]n2)s1. The molecule has 3 rings (SSSR count). The molecule has 0 aliphatic heterocycles. The number of aromatic amines is 1. The molecule has 144 valence electrons. The molecule has 11 heteroatoms. The summed E-state index contributed by atoms with van der Waals surface area (Å²) >= 11 is 0.813. The van der Waals surface area contributed by atoms with Crippen LogP contribution in [0.5, 0.6) is 5.75 Å². The zero-order valence-corrected chi connectivity index (χ0v) is 15.7. The van der Waals surface area contributed by atoms with Gasteiger partial charge < -0.3 is 4.74 Å². The molecule has 2 heterocycles. The summed E-state index contributed by atoms with van der Waals surface area (Å²) in [6, 6.07) is 8.58. The molecule has 0 unspecified atom stereocenters. The number of nitrogens with one attached hydrogen (secondary N) is 2. The first kappa shape index (κ1) is 19.2. The summed E-state index contributed by atoms with van der Waals surface area (Å²) in [6.07, 6.45) is -4.55. The van der Waals surface area contributed by atoms with Crippen molar-refractivity contribution in [3.8, 4) is 16.3 Å². The Balaban J connectivity index is 1.89. The van der Waals surface area contributed by atoms with Gasteiger partial charge in [-0.15, -0.1) is 11.3 Å². The van der Waals surface area contributed by atoms with Gasteiger partial charge in [0.15, 0.2) is 0 Å². The number of rotatable bonds is 5. The number of halogens is 3. The molecule has 0 fully saturated rings.